The van der Waals surface area contributed by atoms with Crippen LogP contribution in [-0.4, -0.2) is 55.8 Å². The van der Waals surface area contributed by atoms with Crippen molar-refractivity contribution in [2.45, 2.75) is 26.8 Å². The fraction of sp³-hybridized carbons (Fsp3) is 0.818. The molecule has 1 aliphatic heterocycles. The first-order valence-corrected chi connectivity index (χ1v) is 7.84. The first-order chi connectivity index (χ1) is 8.23. The maximum atomic E-state index is 11.8. The molecule has 1 N–H and O–H groups in total. The molecule has 0 radical (unpaired) electrons. The third-order valence-electron chi connectivity index (χ3n) is 2.97. The number of carbonyl (C=O) groups is 2. The quantitative estimate of drug-likeness (QED) is 0.789. The highest BCUT2D eigenvalue weighted by Crippen LogP contribution is 2.05. The van der Waals surface area contributed by atoms with Crippen LogP contribution in [0, 0.1) is 5.92 Å². The van der Waals surface area contributed by atoms with E-state index in [1.54, 1.807) is 20.8 Å². The van der Waals surface area contributed by atoms with Crippen molar-refractivity contribution in [2.24, 2.45) is 5.92 Å². The summed E-state index contributed by atoms with van der Waals surface area (Å²) >= 11 is 0. The van der Waals surface area contributed by atoms with Gasteiger partial charge in [-0.2, -0.15) is 0 Å². The second-order valence-corrected chi connectivity index (χ2v) is 7.17. The number of Topliss-reactive ketones (excluding diaryl/α,β-unsaturated/α-hetero) is 1. The number of hydrogen-bond acceptors (Lipinski definition) is 4. The summed E-state index contributed by atoms with van der Waals surface area (Å²) in [5.41, 5.74) is 0. The number of hydrogen-bond donors (Lipinski definition) is 1. The van der Waals surface area contributed by atoms with Gasteiger partial charge in [0.1, 0.15) is 0 Å². The van der Waals surface area contributed by atoms with Crippen LogP contribution in [0.3, 0.4) is 0 Å². The lowest BCUT2D eigenvalue weighted by atomic mass is 10.0. The lowest BCUT2D eigenvalue weighted by Gasteiger charge is -2.28. The summed E-state index contributed by atoms with van der Waals surface area (Å²) in [7, 11) is -3.00. The van der Waals surface area contributed by atoms with Crippen LogP contribution in [0.1, 0.15) is 20.8 Å². The molecule has 1 heterocycles. The van der Waals surface area contributed by atoms with Gasteiger partial charge < -0.3 is 10.2 Å². The molecule has 0 unspecified atom stereocenters. The van der Waals surface area contributed by atoms with E-state index in [-0.39, 0.29) is 42.3 Å². The van der Waals surface area contributed by atoms with Gasteiger partial charge in [-0.05, 0) is 6.92 Å². The van der Waals surface area contributed by atoms with Gasteiger partial charge in [-0.15, -0.1) is 0 Å². The number of rotatable bonds is 3. The Labute approximate surface area is 108 Å². The molecule has 2 amide bonds. The second kappa shape index (κ2) is 5.69. The zero-order chi connectivity index (χ0) is 13.9. The zero-order valence-electron chi connectivity index (χ0n) is 11.0. The molecule has 6 nitrogen and oxygen atoms in total. The molecule has 1 saturated heterocycles. The Balaban J connectivity index is 2.50. The van der Waals surface area contributed by atoms with Gasteiger partial charge in [0, 0.05) is 19.0 Å². The van der Waals surface area contributed by atoms with E-state index in [1.165, 1.54) is 4.90 Å². The Bertz CT molecular complexity index is 416. The molecule has 104 valence electrons. The number of amides is 2. The average Bonchev–Trinajstić information content (AvgIpc) is 2.27. The van der Waals surface area contributed by atoms with Crippen molar-refractivity contribution in [1.29, 1.82) is 0 Å². The Morgan fingerprint density at radius 3 is 2.06 bits per heavy atom. The van der Waals surface area contributed by atoms with Crippen molar-refractivity contribution >= 4 is 21.7 Å². The summed E-state index contributed by atoms with van der Waals surface area (Å²) in [6, 6.07) is -0.914. The van der Waals surface area contributed by atoms with Gasteiger partial charge in [0.05, 0.1) is 17.5 Å². The maximum absolute atomic E-state index is 11.8. The van der Waals surface area contributed by atoms with Crippen molar-refractivity contribution in [3.05, 3.63) is 0 Å². The van der Waals surface area contributed by atoms with E-state index in [4.69, 9.17) is 0 Å². The maximum Gasteiger partial charge on any atom is 0.318 e. The molecule has 1 fully saturated rings. The molecule has 1 atom stereocenters. The molecule has 0 spiro atoms. The highest BCUT2D eigenvalue weighted by Gasteiger charge is 2.27. The first-order valence-electron chi connectivity index (χ1n) is 6.02. The molecule has 18 heavy (non-hydrogen) atoms. The summed E-state index contributed by atoms with van der Waals surface area (Å²) in [5.74, 6) is -0.185. The average molecular weight is 276 g/mol. The minimum Gasteiger partial charge on any atom is -0.328 e. The van der Waals surface area contributed by atoms with E-state index in [1.807, 2.05) is 0 Å². The Hall–Kier alpha value is -1.11. The fourth-order valence-electron chi connectivity index (χ4n) is 1.76. The number of sulfone groups is 1. The number of ketones is 1. The lowest BCUT2D eigenvalue weighted by molar-refractivity contribution is -0.123. The molecule has 0 aromatic rings. The standard InChI is InChI=1S/C11H20N2O4S/c1-8(2)10(14)9(3)12-11(15)13-4-6-18(16,17)7-5-13/h8-9H,4-7H2,1-3H3,(H,12,15)/t9-/m0/s1. The molecule has 0 aromatic carbocycles. The first kappa shape index (κ1) is 14.9. The number of nitrogens with zero attached hydrogens (tertiary/aromatic N) is 1. The smallest absolute Gasteiger partial charge is 0.318 e. The van der Waals surface area contributed by atoms with E-state index >= 15 is 0 Å². The van der Waals surface area contributed by atoms with Crippen molar-refractivity contribution < 1.29 is 18.0 Å². The minimum atomic E-state index is -3.00. The van der Waals surface area contributed by atoms with Gasteiger partial charge in [0.25, 0.3) is 0 Å². The number of urea groups is 1. The van der Waals surface area contributed by atoms with Gasteiger partial charge in [-0.1, -0.05) is 13.8 Å². The van der Waals surface area contributed by atoms with E-state index in [0.717, 1.165) is 0 Å². The highest BCUT2D eigenvalue weighted by atomic mass is 32.2. The Morgan fingerprint density at radius 2 is 1.61 bits per heavy atom. The van der Waals surface area contributed by atoms with Crippen molar-refractivity contribution in [2.75, 3.05) is 24.6 Å². The molecular weight excluding hydrogens is 256 g/mol. The lowest BCUT2D eigenvalue weighted by Crippen LogP contribution is -2.52. The van der Waals surface area contributed by atoms with Gasteiger partial charge >= 0.3 is 6.03 Å². The summed E-state index contributed by atoms with van der Waals surface area (Å²) in [6.07, 6.45) is 0. The monoisotopic (exact) mass is 276 g/mol. The molecule has 0 saturated carbocycles. The van der Waals surface area contributed by atoms with Crippen LogP contribution in [0.25, 0.3) is 0 Å². The van der Waals surface area contributed by atoms with E-state index in [9.17, 15) is 18.0 Å². The van der Waals surface area contributed by atoms with Crippen LogP contribution < -0.4 is 5.32 Å². The van der Waals surface area contributed by atoms with Gasteiger partial charge in [-0.3, -0.25) is 4.79 Å². The normalized spacial score (nSPS) is 20.6. The predicted octanol–water partition coefficient (Wildman–Crippen LogP) is 0.0400. The third kappa shape index (κ3) is 3.97. The van der Waals surface area contributed by atoms with E-state index < -0.39 is 15.9 Å². The SMILES string of the molecule is CC(C)C(=O)[C@H](C)NC(=O)N1CCS(=O)(=O)CC1. The Kier molecular flexibility index (Phi) is 4.72. The largest absolute Gasteiger partial charge is 0.328 e. The minimum absolute atomic E-state index is 0.00702. The molecule has 1 aliphatic rings. The summed E-state index contributed by atoms with van der Waals surface area (Å²) in [5, 5.41) is 2.60. The van der Waals surface area contributed by atoms with Crippen LogP contribution >= 0.6 is 0 Å². The van der Waals surface area contributed by atoms with Gasteiger partial charge in [-0.25, -0.2) is 13.2 Å². The van der Waals surface area contributed by atoms with Crippen molar-refractivity contribution in [1.82, 2.24) is 10.2 Å². The molecule has 0 aromatic heterocycles. The zero-order valence-corrected chi connectivity index (χ0v) is 11.8. The molecule has 1 rings (SSSR count). The highest BCUT2D eigenvalue weighted by molar-refractivity contribution is 7.91. The van der Waals surface area contributed by atoms with Crippen LogP contribution in [0.15, 0.2) is 0 Å². The molecule has 7 heteroatoms. The number of nitrogens with one attached hydrogen (secondary N) is 1. The Morgan fingerprint density at radius 1 is 1.11 bits per heavy atom. The van der Waals surface area contributed by atoms with Crippen LogP contribution in [-0.2, 0) is 14.6 Å². The van der Waals surface area contributed by atoms with Crippen LogP contribution in [0.4, 0.5) is 4.79 Å². The van der Waals surface area contributed by atoms with Gasteiger partial charge in [0.2, 0.25) is 0 Å². The van der Waals surface area contributed by atoms with E-state index in [2.05, 4.69) is 5.32 Å². The fourth-order valence-corrected chi connectivity index (χ4v) is 2.96. The van der Waals surface area contributed by atoms with Crippen molar-refractivity contribution in [3.63, 3.8) is 0 Å². The van der Waals surface area contributed by atoms with Crippen molar-refractivity contribution in [3.8, 4) is 0 Å². The van der Waals surface area contributed by atoms with E-state index in [0.29, 0.717) is 0 Å². The molecular formula is C11H20N2O4S. The predicted molar refractivity (Wildman–Crippen MR) is 68.1 cm³/mol. The topological polar surface area (TPSA) is 83.6 Å². The summed E-state index contributed by atoms with van der Waals surface area (Å²) < 4.78 is 22.5. The summed E-state index contributed by atoms with van der Waals surface area (Å²) in [6.45, 7) is 5.57. The summed E-state index contributed by atoms with van der Waals surface area (Å²) in [4.78, 5) is 24.9. The molecule has 0 aliphatic carbocycles. The van der Waals surface area contributed by atoms with Gasteiger partial charge in [0.15, 0.2) is 15.6 Å². The van der Waals surface area contributed by atoms with Crippen LogP contribution in [0.2, 0.25) is 0 Å². The van der Waals surface area contributed by atoms with Crippen LogP contribution in [0.5, 0.6) is 0 Å². The third-order valence-corrected chi connectivity index (χ3v) is 4.58. The second-order valence-electron chi connectivity index (χ2n) is 4.87. The molecule has 0 bridgehead atoms. The number of carbonyl (C=O) groups excluding carboxylic acids is 2.